The molecule has 0 spiro atoms. The van der Waals surface area contributed by atoms with E-state index in [0.717, 1.165) is 0 Å². The molecule has 0 amide bonds. The smallest absolute Gasteiger partial charge is 0.345 e. The second kappa shape index (κ2) is 6.49. The summed E-state index contributed by atoms with van der Waals surface area (Å²) in [6.45, 7) is 2.10. The highest BCUT2D eigenvalue weighted by molar-refractivity contribution is 4.38. The van der Waals surface area contributed by atoms with Crippen LogP contribution in [0.5, 0.6) is 0 Å². The number of ether oxygens (including phenoxy) is 2. The highest BCUT2D eigenvalue weighted by Crippen LogP contribution is 1.95. The monoisotopic (exact) mass is 168 g/mol. The molecule has 0 aliphatic rings. The molecule has 0 saturated heterocycles. The molecule has 0 heterocycles. The minimum atomic E-state index is -2.68. The minimum Gasteiger partial charge on any atom is -0.379 e. The molecule has 0 rings (SSSR count). The van der Waals surface area contributed by atoms with E-state index in [4.69, 9.17) is 4.74 Å². The van der Waals surface area contributed by atoms with E-state index in [1.807, 2.05) is 13.8 Å². The van der Waals surface area contributed by atoms with Gasteiger partial charge < -0.3 is 9.47 Å². The van der Waals surface area contributed by atoms with Crippen LogP contribution in [0.3, 0.4) is 0 Å². The van der Waals surface area contributed by atoms with Crippen LogP contribution in [0.15, 0.2) is 0 Å². The molecule has 0 saturated carbocycles. The highest BCUT2D eigenvalue weighted by Gasteiger charge is 2.00. The molecular weight excluding hydrogens is 154 g/mol. The van der Waals surface area contributed by atoms with Crippen molar-refractivity contribution in [1.29, 1.82) is 0 Å². The SMILES string of the molecule is CC(C)COCCOC(F)F. The van der Waals surface area contributed by atoms with E-state index in [2.05, 4.69) is 4.74 Å². The molecule has 0 aromatic carbocycles. The Kier molecular flexibility index (Phi) is 6.36. The highest BCUT2D eigenvalue weighted by atomic mass is 19.3. The van der Waals surface area contributed by atoms with Crippen LogP contribution in [-0.2, 0) is 9.47 Å². The predicted octanol–water partition coefficient (Wildman–Crippen LogP) is 1.90. The third-order valence-electron chi connectivity index (χ3n) is 0.923. The molecule has 2 nitrogen and oxygen atoms in total. The van der Waals surface area contributed by atoms with E-state index in [0.29, 0.717) is 12.5 Å². The zero-order chi connectivity index (χ0) is 8.69. The third-order valence-corrected chi connectivity index (χ3v) is 0.923. The molecular formula is C7H14F2O2. The van der Waals surface area contributed by atoms with Crippen molar-refractivity contribution in [2.24, 2.45) is 5.92 Å². The molecule has 0 unspecified atom stereocenters. The quantitative estimate of drug-likeness (QED) is 0.564. The van der Waals surface area contributed by atoms with Crippen LogP contribution in [0.4, 0.5) is 8.78 Å². The van der Waals surface area contributed by atoms with Crippen LogP contribution in [0.25, 0.3) is 0 Å². The van der Waals surface area contributed by atoms with Crippen molar-refractivity contribution >= 4 is 0 Å². The van der Waals surface area contributed by atoms with Crippen molar-refractivity contribution in [3.63, 3.8) is 0 Å². The van der Waals surface area contributed by atoms with Gasteiger partial charge in [-0.05, 0) is 5.92 Å². The lowest BCUT2D eigenvalue weighted by Gasteiger charge is -2.06. The molecule has 0 atom stereocenters. The third kappa shape index (κ3) is 9.78. The maximum atomic E-state index is 11.3. The first-order valence-corrected chi connectivity index (χ1v) is 3.60. The molecule has 0 aromatic heterocycles. The second-order valence-electron chi connectivity index (χ2n) is 2.60. The Labute approximate surface area is 65.5 Å². The number of hydrogen-bond donors (Lipinski definition) is 0. The number of rotatable bonds is 6. The van der Waals surface area contributed by atoms with Gasteiger partial charge in [0.1, 0.15) is 0 Å². The molecule has 0 aliphatic carbocycles. The van der Waals surface area contributed by atoms with Crippen molar-refractivity contribution < 1.29 is 18.3 Å². The van der Waals surface area contributed by atoms with Crippen LogP contribution in [0.2, 0.25) is 0 Å². The maximum absolute atomic E-state index is 11.3. The van der Waals surface area contributed by atoms with Crippen LogP contribution >= 0.6 is 0 Å². The predicted molar refractivity (Wildman–Crippen MR) is 37.6 cm³/mol. The molecule has 0 N–H and O–H groups in total. The average molecular weight is 168 g/mol. The lowest BCUT2D eigenvalue weighted by Crippen LogP contribution is -2.10. The Balaban J connectivity index is 2.91. The normalized spacial score (nSPS) is 11.5. The fourth-order valence-electron chi connectivity index (χ4n) is 0.515. The van der Waals surface area contributed by atoms with Gasteiger partial charge in [-0.25, -0.2) is 0 Å². The molecule has 4 heteroatoms. The van der Waals surface area contributed by atoms with Crippen LogP contribution in [0.1, 0.15) is 13.8 Å². The Morgan fingerprint density at radius 1 is 1.18 bits per heavy atom. The van der Waals surface area contributed by atoms with Crippen molar-refractivity contribution in [2.45, 2.75) is 20.5 Å². The van der Waals surface area contributed by atoms with Crippen molar-refractivity contribution in [3.05, 3.63) is 0 Å². The summed E-state index contributed by atoms with van der Waals surface area (Å²) in [5.74, 6) is 0.432. The van der Waals surface area contributed by atoms with Crippen LogP contribution < -0.4 is 0 Å². The standard InChI is InChI=1S/C7H14F2O2/c1-6(2)5-10-3-4-11-7(8)9/h6-7H,3-5H2,1-2H3. The minimum absolute atomic E-state index is 0.0373. The largest absolute Gasteiger partial charge is 0.379 e. The van der Waals surface area contributed by atoms with Gasteiger partial charge in [0.15, 0.2) is 0 Å². The maximum Gasteiger partial charge on any atom is 0.345 e. The van der Waals surface area contributed by atoms with E-state index >= 15 is 0 Å². The van der Waals surface area contributed by atoms with Crippen molar-refractivity contribution in [3.8, 4) is 0 Å². The van der Waals surface area contributed by atoms with Gasteiger partial charge in [-0.2, -0.15) is 8.78 Å². The van der Waals surface area contributed by atoms with E-state index < -0.39 is 6.61 Å². The summed E-state index contributed by atoms with van der Waals surface area (Å²) in [7, 11) is 0. The summed E-state index contributed by atoms with van der Waals surface area (Å²) in [6.07, 6.45) is 0. The second-order valence-corrected chi connectivity index (χ2v) is 2.60. The van der Waals surface area contributed by atoms with E-state index in [1.165, 1.54) is 0 Å². The zero-order valence-electron chi connectivity index (χ0n) is 6.85. The van der Waals surface area contributed by atoms with Gasteiger partial charge in [0.05, 0.1) is 13.2 Å². The summed E-state index contributed by atoms with van der Waals surface area (Å²) >= 11 is 0. The topological polar surface area (TPSA) is 18.5 Å². The molecule has 11 heavy (non-hydrogen) atoms. The van der Waals surface area contributed by atoms with Crippen LogP contribution in [0, 0.1) is 5.92 Å². The summed E-state index contributed by atoms with van der Waals surface area (Å²) in [4.78, 5) is 0. The molecule has 0 fully saturated rings. The molecule has 0 bridgehead atoms. The summed E-state index contributed by atoms with van der Waals surface area (Å²) < 4.78 is 31.6. The first kappa shape index (κ1) is 10.8. The average Bonchev–Trinajstić information content (AvgIpc) is 1.85. The van der Waals surface area contributed by atoms with Gasteiger partial charge in [0.25, 0.3) is 0 Å². The van der Waals surface area contributed by atoms with Crippen molar-refractivity contribution in [2.75, 3.05) is 19.8 Å². The Hall–Kier alpha value is -0.220. The first-order valence-electron chi connectivity index (χ1n) is 3.60. The van der Waals surface area contributed by atoms with Gasteiger partial charge in [0, 0.05) is 6.61 Å². The van der Waals surface area contributed by atoms with E-state index in [9.17, 15) is 8.78 Å². The zero-order valence-corrected chi connectivity index (χ0v) is 6.85. The Bertz CT molecular complexity index is 76.5. The number of halogens is 2. The van der Waals surface area contributed by atoms with Crippen LogP contribution in [-0.4, -0.2) is 26.4 Å². The van der Waals surface area contributed by atoms with Gasteiger partial charge >= 0.3 is 6.61 Å². The summed E-state index contributed by atoms with van der Waals surface area (Å²) in [5, 5.41) is 0. The van der Waals surface area contributed by atoms with Gasteiger partial charge in [-0.15, -0.1) is 0 Å². The lowest BCUT2D eigenvalue weighted by molar-refractivity contribution is -0.139. The molecule has 68 valence electrons. The fraction of sp³-hybridized carbons (Fsp3) is 1.00. The molecule has 0 aromatic rings. The lowest BCUT2D eigenvalue weighted by atomic mass is 10.2. The van der Waals surface area contributed by atoms with E-state index in [1.54, 1.807) is 0 Å². The van der Waals surface area contributed by atoms with Gasteiger partial charge in [-0.3, -0.25) is 0 Å². The van der Waals surface area contributed by atoms with Gasteiger partial charge in [0.2, 0.25) is 0 Å². The molecule has 0 aliphatic heterocycles. The van der Waals surface area contributed by atoms with Crippen molar-refractivity contribution in [1.82, 2.24) is 0 Å². The summed E-state index contributed by atoms with van der Waals surface area (Å²) in [5.41, 5.74) is 0. The van der Waals surface area contributed by atoms with E-state index in [-0.39, 0.29) is 13.2 Å². The molecule has 0 radical (unpaired) electrons. The first-order chi connectivity index (χ1) is 5.13. The number of alkyl halides is 2. The Morgan fingerprint density at radius 3 is 2.27 bits per heavy atom. The summed E-state index contributed by atoms with van der Waals surface area (Å²) in [6, 6.07) is 0. The fourth-order valence-corrected chi connectivity index (χ4v) is 0.515. The van der Waals surface area contributed by atoms with Gasteiger partial charge in [-0.1, -0.05) is 13.8 Å². The number of hydrogen-bond acceptors (Lipinski definition) is 2. The Morgan fingerprint density at radius 2 is 1.82 bits per heavy atom.